The van der Waals surface area contributed by atoms with Crippen LogP contribution in [0.25, 0.3) is 21.5 Å². The summed E-state index contributed by atoms with van der Waals surface area (Å²) in [4.78, 5) is 22.3. The molecule has 140 valence electrons. The number of carbonyl (C=O) groups excluding carboxylic acids is 1. The number of aryl methyl sites for hydroxylation is 1. The number of aromatic nitrogens is 1. The van der Waals surface area contributed by atoms with Crippen molar-refractivity contribution in [2.24, 2.45) is 0 Å². The highest BCUT2D eigenvalue weighted by atomic mass is 32.1. The molecular formula is C21H23N3O2S. The van der Waals surface area contributed by atoms with Gasteiger partial charge in [0.25, 0.3) is 5.91 Å². The molecule has 1 amide bonds. The summed E-state index contributed by atoms with van der Waals surface area (Å²) >= 11 is 1.69. The van der Waals surface area contributed by atoms with Crippen LogP contribution in [0.4, 0.5) is 0 Å². The summed E-state index contributed by atoms with van der Waals surface area (Å²) in [6, 6.07) is 13.9. The van der Waals surface area contributed by atoms with E-state index in [0.717, 1.165) is 54.3 Å². The number of benzene rings is 1. The standard InChI is InChI=1S/C21H23N3O2S/c1-15-6-7-20(27-15)19-14-17(16-4-2-3-5-18(16)23-19)21(25)22-8-9-24-10-12-26-13-11-24/h2-7,14H,8-13H2,1H3,(H,22,25). The van der Waals surface area contributed by atoms with Crippen molar-refractivity contribution in [3.63, 3.8) is 0 Å². The Morgan fingerprint density at radius 3 is 2.81 bits per heavy atom. The smallest absolute Gasteiger partial charge is 0.252 e. The zero-order valence-corrected chi connectivity index (χ0v) is 16.2. The average molecular weight is 382 g/mol. The zero-order valence-electron chi connectivity index (χ0n) is 15.4. The molecule has 0 radical (unpaired) electrons. The lowest BCUT2D eigenvalue weighted by atomic mass is 10.1. The van der Waals surface area contributed by atoms with Crippen molar-refractivity contribution in [3.05, 3.63) is 52.9 Å². The molecule has 1 aromatic carbocycles. The molecule has 0 aliphatic carbocycles. The first-order valence-electron chi connectivity index (χ1n) is 9.25. The Labute approximate surface area is 163 Å². The number of ether oxygens (including phenoxy) is 1. The molecule has 0 atom stereocenters. The van der Waals surface area contributed by atoms with Gasteiger partial charge in [-0.3, -0.25) is 9.69 Å². The Bertz CT molecular complexity index is 948. The van der Waals surface area contributed by atoms with Crippen LogP contribution < -0.4 is 5.32 Å². The first kappa shape index (κ1) is 18.1. The van der Waals surface area contributed by atoms with Gasteiger partial charge in [-0.15, -0.1) is 11.3 Å². The summed E-state index contributed by atoms with van der Waals surface area (Å²) in [5.74, 6) is -0.0450. The third kappa shape index (κ3) is 4.18. The van der Waals surface area contributed by atoms with Gasteiger partial charge in [0, 0.05) is 36.4 Å². The van der Waals surface area contributed by atoms with Crippen LogP contribution in [0.5, 0.6) is 0 Å². The van der Waals surface area contributed by atoms with Gasteiger partial charge in [0.05, 0.1) is 34.9 Å². The van der Waals surface area contributed by atoms with Crippen LogP contribution in [0.3, 0.4) is 0 Å². The van der Waals surface area contributed by atoms with Crippen LogP contribution in [-0.4, -0.2) is 55.2 Å². The first-order valence-corrected chi connectivity index (χ1v) is 10.1. The number of amides is 1. The van der Waals surface area contributed by atoms with E-state index in [1.165, 1.54) is 4.88 Å². The van der Waals surface area contributed by atoms with Crippen LogP contribution in [0, 0.1) is 6.92 Å². The molecule has 1 saturated heterocycles. The number of nitrogens with zero attached hydrogens (tertiary/aromatic N) is 2. The Balaban J connectivity index is 1.56. The highest BCUT2D eigenvalue weighted by Gasteiger charge is 2.15. The maximum atomic E-state index is 12.9. The van der Waals surface area contributed by atoms with Gasteiger partial charge in [-0.25, -0.2) is 4.98 Å². The second-order valence-corrected chi connectivity index (χ2v) is 7.98. The van der Waals surface area contributed by atoms with E-state index < -0.39 is 0 Å². The summed E-state index contributed by atoms with van der Waals surface area (Å²) in [5.41, 5.74) is 2.38. The normalized spacial score (nSPS) is 15.1. The van der Waals surface area contributed by atoms with Crippen molar-refractivity contribution in [2.75, 3.05) is 39.4 Å². The fourth-order valence-corrected chi connectivity index (χ4v) is 4.14. The fourth-order valence-electron chi connectivity index (χ4n) is 3.31. The molecule has 0 bridgehead atoms. The predicted molar refractivity (Wildman–Crippen MR) is 109 cm³/mol. The number of carbonyl (C=O) groups is 1. The molecule has 6 heteroatoms. The number of hydrogen-bond acceptors (Lipinski definition) is 5. The second-order valence-electron chi connectivity index (χ2n) is 6.69. The van der Waals surface area contributed by atoms with Crippen LogP contribution >= 0.6 is 11.3 Å². The van der Waals surface area contributed by atoms with Crippen molar-refractivity contribution >= 4 is 28.1 Å². The predicted octanol–water partition coefficient (Wildman–Crippen LogP) is 3.33. The SMILES string of the molecule is Cc1ccc(-c2cc(C(=O)NCCN3CCOCC3)c3ccccc3n2)s1. The highest BCUT2D eigenvalue weighted by Crippen LogP contribution is 2.29. The van der Waals surface area contributed by atoms with Gasteiger partial charge in [-0.05, 0) is 31.2 Å². The lowest BCUT2D eigenvalue weighted by Gasteiger charge is -2.26. The summed E-state index contributed by atoms with van der Waals surface area (Å²) in [7, 11) is 0. The number of nitrogens with one attached hydrogen (secondary N) is 1. The van der Waals surface area contributed by atoms with E-state index in [0.29, 0.717) is 12.1 Å². The molecule has 3 heterocycles. The summed E-state index contributed by atoms with van der Waals surface area (Å²) in [6.45, 7) is 6.94. The number of pyridine rings is 1. The van der Waals surface area contributed by atoms with Crippen molar-refractivity contribution in [3.8, 4) is 10.6 Å². The minimum atomic E-state index is -0.0450. The van der Waals surface area contributed by atoms with Gasteiger partial charge >= 0.3 is 0 Å². The maximum Gasteiger partial charge on any atom is 0.252 e. The number of thiophene rings is 1. The molecule has 3 aromatic rings. The van der Waals surface area contributed by atoms with Gasteiger partial charge in [-0.1, -0.05) is 18.2 Å². The number of hydrogen-bond donors (Lipinski definition) is 1. The fraction of sp³-hybridized carbons (Fsp3) is 0.333. The number of fused-ring (bicyclic) bond motifs is 1. The third-order valence-electron chi connectivity index (χ3n) is 4.77. The van der Waals surface area contributed by atoms with E-state index in [1.54, 1.807) is 11.3 Å². The van der Waals surface area contributed by atoms with Gasteiger partial charge in [0.1, 0.15) is 0 Å². The minimum Gasteiger partial charge on any atom is -0.379 e. The van der Waals surface area contributed by atoms with E-state index in [9.17, 15) is 4.79 Å². The molecule has 1 N–H and O–H groups in total. The Kier molecular flexibility index (Phi) is 5.48. The van der Waals surface area contributed by atoms with E-state index >= 15 is 0 Å². The molecule has 27 heavy (non-hydrogen) atoms. The summed E-state index contributed by atoms with van der Waals surface area (Å²) < 4.78 is 5.37. The monoisotopic (exact) mass is 381 g/mol. The lowest BCUT2D eigenvalue weighted by molar-refractivity contribution is 0.0383. The average Bonchev–Trinajstić information content (AvgIpc) is 3.14. The van der Waals surface area contributed by atoms with Gasteiger partial charge < -0.3 is 10.1 Å². The first-order chi connectivity index (χ1) is 13.2. The lowest BCUT2D eigenvalue weighted by Crippen LogP contribution is -2.41. The number of rotatable bonds is 5. The molecule has 5 nitrogen and oxygen atoms in total. The molecule has 1 aliphatic rings. The van der Waals surface area contributed by atoms with Crippen LogP contribution in [-0.2, 0) is 4.74 Å². The maximum absolute atomic E-state index is 12.9. The largest absolute Gasteiger partial charge is 0.379 e. The molecule has 2 aromatic heterocycles. The number of morpholine rings is 1. The van der Waals surface area contributed by atoms with Crippen LogP contribution in [0.15, 0.2) is 42.5 Å². The van der Waals surface area contributed by atoms with Gasteiger partial charge in [0.2, 0.25) is 0 Å². The Morgan fingerprint density at radius 2 is 2.04 bits per heavy atom. The second kappa shape index (κ2) is 8.17. The molecule has 1 fully saturated rings. The third-order valence-corrected chi connectivity index (χ3v) is 5.79. The van der Waals surface area contributed by atoms with Gasteiger partial charge in [0.15, 0.2) is 0 Å². The Morgan fingerprint density at radius 1 is 1.22 bits per heavy atom. The van der Waals surface area contributed by atoms with Crippen molar-refractivity contribution in [1.29, 1.82) is 0 Å². The number of para-hydroxylation sites is 1. The molecule has 0 unspecified atom stereocenters. The van der Waals surface area contributed by atoms with Crippen LogP contribution in [0.1, 0.15) is 15.2 Å². The van der Waals surface area contributed by atoms with Crippen LogP contribution in [0.2, 0.25) is 0 Å². The molecule has 0 spiro atoms. The van der Waals surface area contributed by atoms with E-state index in [2.05, 4.69) is 29.3 Å². The summed E-state index contributed by atoms with van der Waals surface area (Å²) in [6.07, 6.45) is 0. The van der Waals surface area contributed by atoms with E-state index in [-0.39, 0.29) is 5.91 Å². The highest BCUT2D eigenvalue weighted by molar-refractivity contribution is 7.15. The summed E-state index contributed by atoms with van der Waals surface area (Å²) in [5, 5.41) is 3.96. The van der Waals surface area contributed by atoms with E-state index in [1.807, 2.05) is 30.3 Å². The molecular weight excluding hydrogens is 358 g/mol. The molecule has 4 rings (SSSR count). The topological polar surface area (TPSA) is 54.5 Å². The molecule has 0 saturated carbocycles. The Hall–Kier alpha value is -2.28. The van der Waals surface area contributed by atoms with Crippen molar-refractivity contribution in [2.45, 2.75) is 6.92 Å². The quantitative estimate of drug-likeness (QED) is 0.737. The van der Waals surface area contributed by atoms with Crippen molar-refractivity contribution < 1.29 is 9.53 Å². The zero-order chi connectivity index (χ0) is 18.6. The van der Waals surface area contributed by atoms with E-state index in [4.69, 9.17) is 9.72 Å². The minimum absolute atomic E-state index is 0.0450. The van der Waals surface area contributed by atoms with Gasteiger partial charge in [-0.2, -0.15) is 0 Å². The molecule has 1 aliphatic heterocycles. The van der Waals surface area contributed by atoms with Crippen molar-refractivity contribution in [1.82, 2.24) is 15.2 Å².